The molecule has 0 atom stereocenters. The molecule has 7 aromatic rings. The van der Waals surface area contributed by atoms with Crippen LogP contribution in [0, 0.1) is 5.41 Å². The summed E-state index contributed by atoms with van der Waals surface area (Å²) in [5.74, 6) is 0. The molecule has 0 saturated heterocycles. The quantitative estimate of drug-likeness (QED) is 0.149. The van der Waals surface area contributed by atoms with Crippen LogP contribution in [0.4, 0.5) is 0 Å². The normalized spacial score (nSPS) is 11.4. The minimum atomic E-state index is 0.229. The number of nitrogens with zero attached hydrogens (tertiary/aromatic N) is 2. The van der Waals surface area contributed by atoms with Crippen molar-refractivity contribution in [1.29, 1.82) is 0 Å². The second kappa shape index (κ2) is 50.0. The van der Waals surface area contributed by atoms with Gasteiger partial charge in [0.15, 0.2) is 0 Å². The van der Waals surface area contributed by atoms with Gasteiger partial charge in [0.2, 0.25) is 0 Å². The molecule has 0 spiro atoms. The average molecular weight is 1190 g/mol. The van der Waals surface area contributed by atoms with Gasteiger partial charge in [0.05, 0.1) is 18.7 Å². The SMILES string of the molecule is CC.CC.CC.CC.CC.CC.CC.CC(C)(C)C1=CCNCC1.CC(C)(C)c1ccc2ccccc2c1.CC(C)(C)c1ccccc1.CC(C)(C)c1cccnc1.CC(C)(C)c1ccoc1.CC(C)(C)c1ccsc1.CC(C)(C)c1cn[nH]c1. The first-order valence-electron chi connectivity index (χ1n) is 32.6. The van der Waals surface area contributed by atoms with E-state index in [2.05, 4.69) is 268 Å². The number of nitrogens with one attached hydrogen (secondary N) is 2. The van der Waals surface area contributed by atoms with E-state index in [4.69, 9.17) is 4.42 Å². The van der Waals surface area contributed by atoms with Gasteiger partial charge in [-0.25, -0.2) is 0 Å². The van der Waals surface area contributed by atoms with E-state index in [1.165, 1.54) is 50.6 Å². The number of rotatable bonds is 0. The Morgan fingerprint density at radius 1 is 0.412 bits per heavy atom. The molecule has 0 radical (unpaired) electrons. The number of H-pyrrole nitrogens is 1. The number of hydrogen-bond donors (Lipinski definition) is 2. The van der Waals surface area contributed by atoms with E-state index in [1.54, 1.807) is 35.6 Å². The van der Waals surface area contributed by atoms with Gasteiger partial charge in [-0.1, -0.05) is 333 Å². The van der Waals surface area contributed by atoms with Crippen LogP contribution in [-0.2, 0) is 32.5 Å². The highest BCUT2D eigenvalue weighted by atomic mass is 32.1. The van der Waals surface area contributed by atoms with E-state index in [-0.39, 0.29) is 21.7 Å². The summed E-state index contributed by atoms with van der Waals surface area (Å²) in [5, 5.41) is 16.9. The van der Waals surface area contributed by atoms with E-state index in [0.717, 1.165) is 13.1 Å². The van der Waals surface area contributed by atoms with Crippen LogP contribution in [0.1, 0.15) is 282 Å². The molecule has 1 aliphatic heterocycles. The van der Waals surface area contributed by atoms with Crippen LogP contribution in [0.3, 0.4) is 0 Å². The van der Waals surface area contributed by atoms with Crippen molar-refractivity contribution in [2.75, 3.05) is 13.1 Å². The summed E-state index contributed by atoms with van der Waals surface area (Å²) in [4.78, 5) is 4.05. The highest BCUT2D eigenvalue weighted by molar-refractivity contribution is 7.08. The van der Waals surface area contributed by atoms with Gasteiger partial charge < -0.3 is 9.73 Å². The molecule has 3 aromatic carbocycles. The van der Waals surface area contributed by atoms with E-state index in [1.807, 2.05) is 128 Å². The van der Waals surface area contributed by atoms with Crippen LogP contribution in [0.2, 0.25) is 0 Å². The van der Waals surface area contributed by atoms with Gasteiger partial charge in [-0.15, -0.1) is 0 Å². The number of aromatic amines is 1. The Morgan fingerprint density at radius 3 is 1.15 bits per heavy atom. The standard InChI is InChI=1S/C14H16.C10H14.C9H17N.C9H13N.C8H12O.C8H12S.C7H12N2.7C2H6/c1-14(2,3)13-9-8-11-6-4-5-7-12(11)10-13;1-10(2,3)9-7-5-4-6-8-9;1-9(2,3)8-4-6-10-7-5-8;1-9(2,3)8-5-4-6-10-7-8;2*1-8(2,3)7-4-5-9-6-7;1-7(2,3)6-4-8-9-5-6;7*1-2/h4-10H,1-3H3;4-8H,1-3H3;4,10H,5-7H2,1-3H3;4-7H,1-3H3;2*4-6H,1-3H3;4-5H,1-3H3,(H,8,9);7*1-2H3. The molecule has 4 aromatic heterocycles. The fourth-order valence-corrected chi connectivity index (χ4v) is 7.63. The van der Waals surface area contributed by atoms with Crippen molar-refractivity contribution in [1.82, 2.24) is 20.5 Å². The van der Waals surface area contributed by atoms with Crippen LogP contribution in [0.5, 0.6) is 0 Å². The average Bonchev–Trinajstić information content (AvgIpc) is 4.53. The number of fused-ring (bicyclic) bond motifs is 1. The Kier molecular flexibility index (Phi) is 53.6. The fraction of sp³-hybridized carbons (Fsp3) is 0.570. The van der Waals surface area contributed by atoms with Crippen LogP contribution in [-0.4, -0.2) is 28.3 Å². The zero-order valence-corrected chi connectivity index (χ0v) is 63.1. The molecule has 0 unspecified atom stereocenters. The molecule has 2 N–H and O–H groups in total. The molecule has 5 nitrogen and oxygen atoms in total. The first-order chi connectivity index (χ1) is 39.7. The summed E-state index contributed by atoms with van der Waals surface area (Å²) in [6.45, 7) is 76.7. The predicted octanol–water partition coefficient (Wildman–Crippen LogP) is 26.0. The molecular weight excluding hydrogens is 1050 g/mol. The summed E-state index contributed by atoms with van der Waals surface area (Å²) < 4.78 is 4.94. The summed E-state index contributed by atoms with van der Waals surface area (Å²) in [6, 6.07) is 34.0. The second-order valence-corrected chi connectivity index (χ2v) is 26.4. The molecule has 1 aliphatic rings. The molecule has 85 heavy (non-hydrogen) atoms. The third-order valence-corrected chi connectivity index (χ3v) is 12.6. The molecule has 0 amide bonds. The van der Waals surface area contributed by atoms with Crippen molar-refractivity contribution in [2.24, 2.45) is 5.41 Å². The van der Waals surface area contributed by atoms with Crippen molar-refractivity contribution in [3.63, 3.8) is 0 Å². The lowest BCUT2D eigenvalue weighted by molar-refractivity contribution is 0.464. The van der Waals surface area contributed by atoms with Gasteiger partial charge in [-0.05, 0) is 124 Å². The van der Waals surface area contributed by atoms with Crippen LogP contribution in [0.25, 0.3) is 10.8 Å². The van der Waals surface area contributed by atoms with Crippen molar-refractivity contribution in [3.8, 4) is 0 Å². The van der Waals surface area contributed by atoms with Gasteiger partial charge in [0.1, 0.15) is 0 Å². The molecular formula is C79H138N4OS. The summed E-state index contributed by atoms with van der Waals surface area (Å²) in [6.07, 6.45) is 14.6. The summed E-state index contributed by atoms with van der Waals surface area (Å²) >= 11 is 1.77. The van der Waals surface area contributed by atoms with E-state index in [0.29, 0.717) is 16.2 Å². The maximum absolute atomic E-state index is 4.94. The number of pyridine rings is 1. The van der Waals surface area contributed by atoms with Crippen molar-refractivity contribution in [3.05, 3.63) is 190 Å². The lowest BCUT2D eigenvalue weighted by Crippen LogP contribution is -2.25. The van der Waals surface area contributed by atoms with Crippen molar-refractivity contribution >= 4 is 22.1 Å². The zero-order chi connectivity index (χ0) is 67.7. The Hall–Kier alpha value is -5.04. The molecule has 0 fully saturated rings. The van der Waals surface area contributed by atoms with Gasteiger partial charge in [-0.3, -0.25) is 10.1 Å². The van der Waals surface area contributed by atoms with Gasteiger partial charge in [0, 0.05) is 25.1 Å². The largest absolute Gasteiger partial charge is 0.472 e. The van der Waals surface area contributed by atoms with Gasteiger partial charge >= 0.3 is 0 Å². The maximum atomic E-state index is 4.94. The number of hydrogen-bond acceptors (Lipinski definition) is 5. The molecule has 8 rings (SSSR count). The Bertz CT molecular complexity index is 2310. The molecule has 6 heteroatoms. The molecule has 0 aliphatic carbocycles. The van der Waals surface area contributed by atoms with Crippen LogP contribution >= 0.6 is 11.3 Å². The molecule has 5 heterocycles. The topological polar surface area (TPSA) is 66.7 Å². The Morgan fingerprint density at radius 2 is 0.871 bits per heavy atom. The highest BCUT2D eigenvalue weighted by Crippen LogP contribution is 2.29. The van der Waals surface area contributed by atoms with E-state index in [9.17, 15) is 0 Å². The number of benzene rings is 3. The molecule has 0 saturated carbocycles. The molecule has 486 valence electrons. The first kappa shape index (κ1) is 91.1. The van der Waals surface area contributed by atoms with Crippen LogP contribution < -0.4 is 5.32 Å². The minimum absolute atomic E-state index is 0.229. The monoisotopic (exact) mass is 1190 g/mol. The predicted molar refractivity (Wildman–Crippen MR) is 393 cm³/mol. The van der Waals surface area contributed by atoms with Gasteiger partial charge in [0.25, 0.3) is 0 Å². The second-order valence-electron chi connectivity index (χ2n) is 25.6. The number of thiophene rings is 1. The highest BCUT2D eigenvalue weighted by Gasteiger charge is 2.19. The van der Waals surface area contributed by atoms with Crippen molar-refractivity contribution < 1.29 is 4.42 Å². The smallest absolute Gasteiger partial charge is 0.0939 e. The van der Waals surface area contributed by atoms with E-state index < -0.39 is 0 Å². The third-order valence-electron chi connectivity index (χ3n) is 11.9. The van der Waals surface area contributed by atoms with Crippen LogP contribution in [0.15, 0.2) is 161 Å². The minimum Gasteiger partial charge on any atom is -0.472 e. The first-order valence-corrected chi connectivity index (χ1v) is 33.5. The van der Waals surface area contributed by atoms with Gasteiger partial charge in [-0.2, -0.15) is 16.4 Å². The third kappa shape index (κ3) is 45.0. The zero-order valence-electron chi connectivity index (χ0n) is 62.3. The number of furan rings is 1. The summed E-state index contributed by atoms with van der Waals surface area (Å²) in [7, 11) is 0. The van der Waals surface area contributed by atoms with E-state index >= 15 is 0 Å². The Balaban J connectivity index is -0.000000208. The van der Waals surface area contributed by atoms with Crippen molar-refractivity contribution in [2.45, 2.75) is 281 Å². The fourth-order valence-electron chi connectivity index (χ4n) is 6.75. The summed E-state index contributed by atoms with van der Waals surface area (Å²) in [5.41, 5.74) is 11.6. The number of aromatic nitrogens is 3. The maximum Gasteiger partial charge on any atom is 0.0939 e. The Labute approximate surface area is 534 Å². The lowest BCUT2D eigenvalue weighted by Gasteiger charge is -2.26. The molecule has 0 bridgehead atoms. The lowest BCUT2D eigenvalue weighted by atomic mass is 9.83.